The number of thioether (sulfide) groups is 1. The number of aromatic nitrogens is 2. The van der Waals surface area contributed by atoms with Gasteiger partial charge in [-0.2, -0.15) is 11.8 Å². The Bertz CT molecular complexity index is 326. The van der Waals surface area contributed by atoms with E-state index in [0.717, 1.165) is 12.2 Å². The standard InChI is InChI=1S/C11H19N3S/c1-9(12)10-6-13-8-14(10)7-11(2)4-3-5-15-11/h6,8-9H,3-5,7,12H2,1-2H3/t9-,11?/m0/s1. The first-order valence-corrected chi connectivity index (χ1v) is 6.49. The molecule has 2 atom stereocenters. The normalized spacial score (nSPS) is 28.2. The molecule has 1 saturated heterocycles. The lowest BCUT2D eigenvalue weighted by molar-refractivity contribution is 0.491. The SMILES string of the molecule is C[C@H](N)c1cncn1CC1(C)CCCS1. The summed E-state index contributed by atoms with van der Waals surface area (Å²) in [7, 11) is 0. The highest BCUT2D eigenvalue weighted by molar-refractivity contribution is 8.00. The van der Waals surface area contributed by atoms with Crippen LogP contribution >= 0.6 is 11.8 Å². The Kier molecular flexibility index (Phi) is 3.07. The predicted molar refractivity (Wildman–Crippen MR) is 64.9 cm³/mol. The zero-order valence-electron chi connectivity index (χ0n) is 9.44. The van der Waals surface area contributed by atoms with Gasteiger partial charge in [0.2, 0.25) is 0 Å². The van der Waals surface area contributed by atoms with E-state index in [1.54, 1.807) is 0 Å². The van der Waals surface area contributed by atoms with Gasteiger partial charge in [0.25, 0.3) is 0 Å². The molecule has 1 aliphatic rings. The number of imidazole rings is 1. The molecule has 2 rings (SSSR count). The molecule has 0 amide bonds. The molecule has 1 aromatic heterocycles. The fourth-order valence-electron chi connectivity index (χ4n) is 2.16. The Morgan fingerprint density at radius 2 is 2.53 bits per heavy atom. The third kappa shape index (κ3) is 2.37. The molecule has 2 heterocycles. The summed E-state index contributed by atoms with van der Waals surface area (Å²) in [6, 6.07) is 0.0718. The van der Waals surface area contributed by atoms with Gasteiger partial charge in [-0.25, -0.2) is 4.98 Å². The summed E-state index contributed by atoms with van der Waals surface area (Å²) in [5.41, 5.74) is 7.05. The second-order valence-electron chi connectivity index (χ2n) is 4.64. The van der Waals surface area contributed by atoms with Crippen molar-refractivity contribution >= 4 is 11.8 Å². The maximum Gasteiger partial charge on any atom is 0.0949 e. The molecule has 1 aromatic rings. The summed E-state index contributed by atoms with van der Waals surface area (Å²) >= 11 is 2.07. The second kappa shape index (κ2) is 4.18. The van der Waals surface area contributed by atoms with Crippen LogP contribution in [0.15, 0.2) is 12.5 Å². The minimum Gasteiger partial charge on any atom is -0.332 e. The van der Waals surface area contributed by atoms with Crippen LogP contribution < -0.4 is 5.73 Å². The summed E-state index contributed by atoms with van der Waals surface area (Å²) < 4.78 is 2.59. The molecule has 1 aliphatic heterocycles. The summed E-state index contributed by atoms with van der Waals surface area (Å²) in [5.74, 6) is 1.29. The fourth-order valence-corrected chi connectivity index (χ4v) is 3.46. The van der Waals surface area contributed by atoms with Gasteiger partial charge in [0.1, 0.15) is 0 Å². The van der Waals surface area contributed by atoms with Gasteiger partial charge in [0, 0.05) is 23.5 Å². The maximum atomic E-state index is 5.91. The summed E-state index contributed by atoms with van der Waals surface area (Å²) in [4.78, 5) is 4.19. The van der Waals surface area contributed by atoms with Crippen LogP contribution in [0, 0.1) is 0 Å². The van der Waals surface area contributed by atoms with Crippen molar-refractivity contribution in [2.75, 3.05) is 5.75 Å². The van der Waals surface area contributed by atoms with Gasteiger partial charge in [-0.1, -0.05) is 0 Å². The van der Waals surface area contributed by atoms with Gasteiger partial charge in [0.05, 0.1) is 12.0 Å². The van der Waals surface area contributed by atoms with Gasteiger partial charge >= 0.3 is 0 Å². The molecule has 0 aliphatic carbocycles. The largest absolute Gasteiger partial charge is 0.332 e. The highest BCUT2D eigenvalue weighted by Crippen LogP contribution is 2.39. The van der Waals surface area contributed by atoms with Gasteiger partial charge in [0.15, 0.2) is 0 Å². The van der Waals surface area contributed by atoms with Crippen LogP contribution in [0.2, 0.25) is 0 Å². The first kappa shape index (κ1) is 11.0. The molecule has 4 heteroatoms. The zero-order chi connectivity index (χ0) is 10.9. The Morgan fingerprint density at radius 3 is 3.13 bits per heavy atom. The molecule has 0 aromatic carbocycles. The van der Waals surface area contributed by atoms with Crippen LogP contribution in [0.4, 0.5) is 0 Å². The van der Waals surface area contributed by atoms with E-state index >= 15 is 0 Å². The molecular formula is C11H19N3S. The molecule has 15 heavy (non-hydrogen) atoms. The average Bonchev–Trinajstić information content (AvgIpc) is 2.75. The highest BCUT2D eigenvalue weighted by Gasteiger charge is 2.30. The molecule has 0 radical (unpaired) electrons. The van der Waals surface area contributed by atoms with E-state index in [-0.39, 0.29) is 6.04 Å². The smallest absolute Gasteiger partial charge is 0.0949 e. The zero-order valence-corrected chi connectivity index (χ0v) is 10.3. The number of rotatable bonds is 3. The second-order valence-corrected chi connectivity index (χ2v) is 6.32. The van der Waals surface area contributed by atoms with Crippen molar-refractivity contribution in [2.24, 2.45) is 5.73 Å². The van der Waals surface area contributed by atoms with Crippen molar-refractivity contribution in [1.82, 2.24) is 9.55 Å². The molecule has 84 valence electrons. The molecule has 1 unspecified atom stereocenters. The summed E-state index contributed by atoms with van der Waals surface area (Å²) in [5, 5.41) is 0. The van der Waals surface area contributed by atoms with E-state index in [4.69, 9.17) is 5.73 Å². The first-order valence-electron chi connectivity index (χ1n) is 5.50. The van der Waals surface area contributed by atoms with Gasteiger partial charge in [-0.3, -0.25) is 0 Å². The van der Waals surface area contributed by atoms with E-state index in [2.05, 4.69) is 28.2 Å². The van der Waals surface area contributed by atoms with E-state index < -0.39 is 0 Å². The third-order valence-electron chi connectivity index (χ3n) is 3.02. The molecule has 0 spiro atoms. The Balaban J connectivity index is 2.13. The van der Waals surface area contributed by atoms with Crippen molar-refractivity contribution in [2.45, 2.75) is 44.0 Å². The quantitative estimate of drug-likeness (QED) is 0.857. The van der Waals surface area contributed by atoms with E-state index in [1.807, 2.05) is 19.4 Å². The Hall–Kier alpha value is -0.480. The van der Waals surface area contributed by atoms with Gasteiger partial charge in [-0.05, 0) is 32.4 Å². The first-order chi connectivity index (χ1) is 7.11. The van der Waals surface area contributed by atoms with E-state index in [9.17, 15) is 0 Å². The van der Waals surface area contributed by atoms with Crippen LogP contribution in [-0.2, 0) is 6.54 Å². The van der Waals surface area contributed by atoms with E-state index in [0.29, 0.717) is 4.75 Å². The van der Waals surface area contributed by atoms with Gasteiger partial charge in [-0.15, -0.1) is 0 Å². The monoisotopic (exact) mass is 225 g/mol. The topological polar surface area (TPSA) is 43.8 Å². The predicted octanol–water partition coefficient (Wildman–Crippen LogP) is 2.19. The molecule has 1 fully saturated rings. The van der Waals surface area contributed by atoms with Crippen LogP contribution in [-0.4, -0.2) is 20.1 Å². The highest BCUT2D eigenvalue weighted by atomic mass is 32.2. The molecule has 2 N–H and O–H groups in total. The van der Waals surface area contributed by atoms with Gasteiger partial charge < -0.3 is 10.3 Å². The van der Waals surface area contributed by atoms with E-state index in [1.165, 1.54) is 18.6 Å². The fraction of sp³-hybridized carbons (Fsp3) is 0.727. The minimum absolute atomic E-state index is 0.0718. The van der Waals surface area contributed by atoms with Crippen molar-refractivity contribution < 1.29 is 0 Å². The lowest BCUT2D eigenvalue weighted by Crippen LogP contribution is -2.25. The van der Waals surface area contributed by atoms with Crippen molar-refractivity contribution in [3.05, 3.63) is 18.2 Å². The van der Waals surface area contributed by atoms with Crippen LogP contribution in [0.3, 0.4) is 0 Å². The summed E-state index contributed by atoms with van der Waals surface area (Å²) in [6.45, 7) is 5.39. The molecule has 3 nitrogen and oxygen atoms in total. The Morgan fingerprint density at radius 1 is 1.73 bits per heavy atom. The van der Waals surface area contributed by atoms with Crippen molar-refractivity contribution in [3.8, 4) is 0 Å². The molecule has 0 saturated carbocycles. The number of hydrogen-bond donors (Lipinski definition) is 1. The molecule has 0 bridgehead atoms. The lowest BCUT2D eigenvalue weighted by Gasteiger charge is -2.24. The molecular weight excluding hydrogens is 206 g/mol. The number of nitrogens with two attached hydrogens (primary N) is 1. The minimum atomic E-state index is 0.0718. The average molecular weight is 225 g/mol. The van der Waals surface area contributed by atoms with Crippen LogP contribution in [0.25, 0.3) is 0 Å². The Labute approximate surface area is 95.4 Å². The summed E-state index contributed by atoms with van der Waals surface area (Å²) in [6.07, 6.45) is 6.42. The lowest BCUT2D eigenvalue weighted by atomic mass is 10.1. The maximum absolute atomic E-state index is 5.91. The third-order valence-corrected chi connectivity index (χ3v) is 4.54. The van der Waals surface area contributed by atoms with Crippen molar-refractivity contribution in [3.63, 3.8) is 0 Å². The van der Waals surface area contributed by atoms with Crippen molar-refractivity contribution in [1.29, 1.82) is 0 Å². The number of nitrogens with zero attached hydrogens (tertiary/aromatic N) is 2. The number of hydrogen-bond acceptors (Lipinski definition) is 3. The van der Waals surface area contributed by atoms with Crippen LogP contribution in [0.5, 0.6) is 0 Å². The van der Waals surface area contributed by atoms with Crippen LogP contribution in [0.1, 0.15) is 38.4 Å².